The number of halogens is 1. The molecule has 0 saturated carbocycles. The van der Waals surface area contributed by atoms with Crippen molar-refractivity contribution in [2.75, 3.05) is 6.54 Å². The van der Waals surface area contributed by atoms with E-state index in [0.717, 1.165) is 5.56 Å². The molecule has 0 aliphatic carbocycles. The van der Waals surface area contributed by atoms with Crippen LogP contribution in [0.2, 0.25) is 5.02 Å². The largest absolute Gasteiger partial charge is 0.330 e. The van der Waals surface area contributed by atoms with Crippen molar-refractivity contribution in [3.8, 4) is 6.07 Å². The third-order valence-corrected chi connectivity index (χ3v) is 2.22. The summed E-state index contributed by atoms with van der Waals surface area (Å²) in [5.74, 6) is 0.127. The minimum Gasteiger partial charge on any atom is -0.330 e. The van der Waals surface area contributed by atoms with E-state index in [2.05, 4.69) is 6.07 Å². The molecule has 1 unspecified atom stereocenters. The summed E-state index contributed by atoms with van der Waals surface area (Å²) in [7, 11) is 0. The molecule has 1 aromatic rings. The van der Waals surface area contributed by atoms with Crippen LogP contribution in [0.3, 0.4) is 0 Å². The lowest BCUT2D eigenvalue weighted by Gasteiger charge is -2.10. The fraction of sp³-hybridized carbons (Fsp3) is 0.300. The lowest BCUT2D eigenvalue weighted by Crippen LogP contribution is -2.11. The molecule has 2 N–H and O–H groups in total. The lowest BCUT2D eigenvalue weighted by atomic mass is 9.97. The zero-order valence-electron chi connectivity index (χ0n) is 7.20. The standard InChI is InChI=1S/C10H11ClN2/c11-10-3-1-8(2-4-10)9(7-13)5-6-12/h1-4,9H,5,7,13H2. The molecule has 0 bridgehead atoms. The van der Waals surface area contributed by atoms with Gasteiger partial charge in [0.05, 0.1) is 6.07 Å². The minimum absolute atomic E-state index is 0.127. The summed E-state index contributed by atoms with van der Waals surface area (Å²) < 4.78 is 0. The molecule has 0 aliphatic heterocycles. The van der Waals surface area contributed by atoms with Crippen molar-refractivity contribution in [3.63, 3.8) is 0 Å². The predicted molar refractivity (Wildman–Crippen MR) is 53.5 cm³/mol. The zero-order chi connectivity index (χ0) is 9.68. The molecular formula is C10H11ClN2. The fourth-order valence-corrected chi connectivity index (χ4v) is 1.31. The second-order valence-electron chi connectivity index (χ2n) is 2.85. The van der Waals surface area contributed by atoms with Crippen molar-refractivity contribution in [2.45, 2.75) is 12.3 Å². The van der Waals surface area contributed by atoms with Crippen LogP contribution in [0.4, 0.5) is 0 Å². The maximum atomic E-state index is 8.55. The second kappa shape index (κ2) is 4.86. The maximum absolute atomic E-state index is 8.55. The second-order valence-corrected chi connectivity index (χ2v) is 3.28. The van der Waals surface area contributed by atoms with E-state index in [9.17, 15) is 0 Å². The molecule has 0 radical (unpaired) electrons. The topological polar surface area (TPSA) is 49.8 Å². The Morgan fingerprint density at radius 1 is 1.38 bits per heavy atom. The first-order valence-electron chi connectivity index (χ1n) is 4.10. The Kier molecular flexibility index (Phi) is 3.75. The summed E-state index contributed by atoms with van der Waals surface area (Å²) in [4.78, 5) is 0. The smallest absolute Gasteiger partial charge is 0.0628 e. The first-order chi connectivity index (χ1) is 6.27. The van der Waals surface area contributed by atoms with E-state index in [1.807, 2.05) is 24.3 Å². The average Bonchev–Trinajstić information content (AvgIpc) is 2.16. The number of rotatable bonds is 3. The molecule has 0 saturated heterocycles. The Morgan fingerprint density at radius 3 is 2.46 bits per heavy atom. The van der Waals surface area contributed by atoms with Crippen LogP contribution >= 0.6 is 11.6 Å². The van der Waals surface area contributed by atoms with Crippen LogP contribution in [-0.2, 0) is 0 Å². The van der Waals surface area contributed by atoms with E-state index in [1.54, 1.807) is 0 Å². The van der Waals surface area contributed by atoms with Crippen LogP contribution in [0.1, 0.15) is 17.9 Å². The van der Waals surface area contributed by atoms with Crippen molar-refractivity contribution >= 4 is 11.6 Å². The SMILES string of the molecule is N#CCC(CN)c1ccc(Cl)cc1. The van der Waals surface area contributed by atoms with E-state index in [-0.39, 0.29) is 5.92 Å². The third kappa shape index (κ3) is 2.73. The quantitative estimate of drug-likeness (QED) is 0.803. The van der Waals surface area contributed by atoms with Gasteiger partial charge >= 0.3 is 0 Å². The van der Waals surface area contributed by atoms with Gasteiger partial charge in [-0.25, -0.2) is 0 Å². The molecule has 0 spiro atoms. The number of nitrogens with zero attached hydrogens (tertiary/aromatic N) is 1. The molecule has 68 valence electrons. The van der Waals surface area contributed by atoms with Crippen molar-refractivity contribution < 1.29 is 0 Å². The first kappa shape index (κ1) is 10.0. The van der Waals surface area contributed by atoms with Gasteiger partial charge in [0.15, 0.2) is 0 Å². The van der Waals surface area contributed by atoms with Crippen molar-refractivity contribution in [2.24, 2.45) is 5.73 Å². The van der Waals surface area contributed by atoms with Crippen LogP contribution < -0.4 is 5.73 Å². The molecule has 1 aromatic carbocycles. The van der Waals surface area contributed by atoms with Gasteiger partial charge in [-0.1, -0.05) is 23.7 Å². The summed E-state index contributed by atoms with van der Waals surface area (Å²) in [5.41, 5.74) is 6.62. The van der Waals surface area contributed by atoms with Crippen LogP contribution in [0.15, 0.2) is 24.3 Å². The summed E-state index contributed by atoms with van der Waals surface area (Å²) >= 11 is 5.74. The van der Waals surface area contributed by atoms with Crippen molar-refractivity contribution in [1.29, 1.82) is 5.26 Å². The van der Waals surface area contributed by atoms with Gasteiger partial charge < -0.3 is 5.73 Å². The fourth-order valence-electron chi connectivity index (χ4n) is 1.18. The van der Waals surface area contributed by atoms with E-state index in [1.165, 1.54) is 0 Å². The Morgan fingerprint density at radius 2 is 2.00 bits per heavy atom. The lowest BCUT2D eigenvalue weighted by molar-refractivity contribution is 0.717. The van der Waals surface area contributed by atoms with Gasteiger partial charge in [0.1, 0.15) is 0 Å². The van der Waals surface area contributed by atoms with E-state index in [4.69, 9.17) is 22.6 Å². The molecule has 0 amide bonds. The molecule has 2 nitrogen and oxygen atoms in total. The monoisotopic (exact) mass is 194 g/mol. The van der Waals surface area contributed by atoms with Gasteiger partial charge in [-0.05, 0) is 17.7 Å². The highest BCUT2D eigenvalue weighted by atomic mass is 35.5. The predicted octanol–water partition coefficient (Wildman–Crippen LogP) is 2.30. The number of nitriles is 1. The van der Waals surface area contributed by atoms with Crippen LogP contribution in [0.5, 0.6) is 0 Å². The van der Waals surface area contributed by atoms with Crippen molar-refractivity contribution in [1.82, 2.24) is 0 Å². The third-order valence-electron chi connectivity index (χ3n) is 1.96. The normalized spacial score (nSPS) is 12.1. The number of benzene rings is 1. The molecule has 3 heteroatoms. The van der Waals surface area contributed by atoms with E-state index in [0.29, 0.717) is 18.0 Å². The molecular weight excluding hydrogens is 184 g/mol. The summed E-state index contributed by atoms with van der Waals surface area (Å²) in [5, 5.41) is 9.26. The molecule has 0 heterocycles. The highest BCUT2D eigenvalue weighted by Gasteiger charge is 2.08. The average molecular weight is 195 g/mol. The summed E-state index contributed by atoms with van der Waals surface area (Å²) in [6.07, 6.45) is 0.456. The van der Waals surface area contributed by atoms with Crippen LogP contribution in [-0.4, -0.2) is 6.54 Å². The molecule has 0 fully saturated rings. The highest BCUT2D eigenvalue weighted by molar-refractivity contribution is 6.30. The molecule has 1 atom stereocenters. The summed E-state index contributed by atoms with van der Waals surface area (Å²) in [6.45, 7) is 0.495. The van der Waals surface area contributed by atoms with Gasteiger partial charge in [0.2, 0.25) is 0 Å². The van der Waals surface area contributed by atoms with E-state index >= 15 is 0 Å². The molecule has 0 aromatic heterocycles. The number of hydrogen-bond donors (Lipinski definition) is 1. The first-order valence-corrected chi connectivity index (χ1v) is 4.48. The molecule has 1 rings (SSSR count). The Hall–Kier alpha value is -1.04. The summed E-state index contributed by atoms with van der Waals surface area (Å²) in [6, 6.07) is 9.58. The van der Waals surface area contributed by atoms with Gasteiger partial charge in [-0.15, -0.1) is 0 Å². The Bertz CT molecular complexity index is 300. The number of nitrogens with two attached hydrogens (primary N) is 1. The number of hydrogen-bond acceptors (Lipinski definition) is 2. The van der Waals surface area contributed by atoms with Crippen LogP contribution in [0, 0.1) is 11.3 Å². The highest BCUT2D eigenvalue weighted by Crippen LogP contribution is 2.19. The Labute approximate surface area is 82.9 Å². The van der Waals surface area contributed by atoms with Gasteiger partial charge in [0, 0.05) is 23.9 Å². The zero-order valence-corrected chi connectivity index (χ0v) is 7.96. The minimum atomic E-state index is 0.127. The molecule has 0 aliphatic rings. The Balaban J connectivity index is 2.80. The van der Waals surface area contributed by atoms with Gasteiger partial charge in [-0.3, -0.25) is 0 Å². The van der Waals surface area contributed by atoms with E-state index < -0.39 is 0 Å². The van der Waals surface area contributed by atoms with Gasteiger partial charge in [0.25, 0.3) is 0 Å². The van der Waals surface area contributed by atoms with Crippen molar-refractivity contribution in [3.05, 3.63) is 34.9 Å². The maximum Gasteiger partial charge on any atom is 0.0628 e. The molecule has 13 heavy (non-hydrogen) atoms. The van der Waals surface area contributed by atoms with Crippen LogP contribution in [0.25, 0.3) is 0 Å². The van der Waals surface area contributed by atoms with Gasteiger partial charge in [-0.2, -0.15) is 5.26 Å².